The van der Waals surface area contributed by atoms with Gasteiger partial charge in [-0.05, 0) is 0 Å². The summed E-state index contributed by atoms with van der Waals surface area (Å²) in [6.07, 6.45) is 0. The molecule has 68 valence electrons. The second-order valence-electron chi connectivity index (χ2n) is 2.62. The Morgan fingerprint density at radius 2 is 1.58 bits per heavy atom. The van der Waals surface area contributed by atoms with Crippen molar-refractivity contribution in [3.05, 3.63) is 0 Å². The summed E-state index contributed by atoms with van der Waals surface area (Å²) in [5.74, 6) is 1.84. The van der Waals surface area contributed by atoms with Crippen molar-refractivity contribution in [1.82, 2.24) is 20.5 Å². The topological polar surface area (TPSA) is 65.2 Å². The molecule has 0 spiro atoms. The van der Waals surface area contributed by atoms with E-state index in [0.717, 1.165) is 11.5 Å². The van der Waals surface area contributed by atoms with E-state index in [0.29, 0.717) is 0 Å². The van der Waals surface area contributed by atoms with Gasteiger partial charge in [0.15, 0.2) is 5.78 Å². The molecule has 2 atom stereocenters. The zero-order chi connectivity index (χ0) is 8.39. The van der Waals surface area contributed by atoms with E-state index < -0.39 is 0 Å². The Bertz CT molecular complexity index is 160. The molecule has 12 heavy (non-hydrogen) atoms. The number of nitrogens with one attached hydrogen (secondary N) is 4. The Labute approximate surface area is 79.0 Å². The summed E-state index contributed by atoms with van der Waals surface area (Å²) in [5.41, 5.74) is 5.84. The molecule has 2 unspecified atom stereocenters. The summed E-state index contributed by atoms with van der Waals surface area (Å²) >= 11 is 3.06. The van der Waals surface area contributed by atoms with Crippen LogP contribution in [0, 0.1) is 0 Å². The zero-order valence-electron chi connectivity index (χ0n) is 6.29. The third-order valence-corrected chi connectivity index (χ3v) is 3.32. The predicted molar refractivity (Wildman–Crippen MR) is 50.0 cm³/mol. The summed E-state index contributed by atoms with van der Waals surface area (Å²) in [7, 11) is 0. The van der Waals surface area contributed by atoms with Gasteiger partial charge < -0.3 is 0 Å². The molecule has 0 radical (unpaired) electrons. The van der Waals surface area contributed by atoms with Gasteiger partial charge in [0.1, 0.15) is 0 Å². The van der Waals surface area contributed by atoms with E-state index >= 15 is 0 Å². The molecule has 0 aromatic rings. The van der Waals surface area contributed by atoms with Gasteiger partial charge in [-0.1, -0.05) is 23.9 Å². The molecule has 2 aliphatic rings. The van der Waals surface area contributed by atoms with Crippen LogP contribution in [0.25, 0.3) is 0 Å². The first-order chi connectivity index (χ1) is 5.88. The van der Waals surface area contributed by atoms with E-state index in [2.05, 4.69) is 20.5 Å². The van der Waals surface area contributed by atoms with Crippen LogP contribution in [-0.2, 0) is 4.79 Å². The van der Waals surface area contributed by atoms with Crippen molar-refractivity contribution in [2.75, 3.05) is 11.5 Å². The molecular formula is C5H10N4OS2. The molecule has 2 heterocycles. The number of carbonyl (C=O) groups excluding carboxylic acids is 1. The summed E-state index contributed by atoms with van der Waals surface area (Å²) in [4.78, 5) is 17.4. The standard InChI is InChI=1S/C5H10N4OS2/c10-5(3-1-11-8-6-3)4-2-12-9-7-4/h3-4,6-9H,1-2H2. The number of carbonyl (C=O) groups is 1. The van der Waals surface area contributed by atoms with E-state index in [-0.39, 0.29) is 17.9 Å². The Balaban J connectivity index is 1.89. The molecule has 0 aromatic heterocycles. The van der Waals surface area contributed by atoms with Gasteiger partial charge >= 0.3 is 0 Å². The molecule has 0 aliphatic carbocycles. The first kappa shape index (κ1) is 8.79. The van der Waals surface area contributed by atoms with Gasteiger partial charge in [0.05, 0.1) is 12.1 Å². The molecule has 2 aliphatic heterocycles. The van der Waals surface area contributed by atoms with Crippen LogP contribution in [0.4, 0.5) is 0 Å². The number of hydrogen-bond donors (Lipinski definition) is 4. The lowest BCUT2D eigenvalue weighted by Gasteiger charge is -2.11. The van der Waals surface area contributed by atoms with Crippen LogP contribution in [-0.4, -0.2) is 29.4 Å². The van der Waals surface area contributed by atoms with E-state index in [1.165, 1.54) is 23.9 Å². The number of Topliss-reactive ketones (excluding diaryl/α,β-unsaturated/α-hetero) is 1. The van der Waals surface area contributed by atoms with Crippen molar-refractivity contribution in [1.29, 1.82) is 0 Å². The fourth-order valence-corrected chi connectivity index (χ4v) is 2.55. The quantitative estimate of drug-likeness (QED) is 0.423. The maximum Gasteiger partial charge on any atom is 0.171 e. The summed E-state index contributed by atoms with van der Waals surface area (Å²) in [5, 5.41) is 0. The minimum atomic E-state index is -0.0481. The highest BCUT2D eigenvalue weighted by Crippen LogP contribution is 2.11. The van der Waals surface area contributed by atoms with Gasteiger partial charge in [-0.2, -0.15) is 0 Å². The molecule has 0 bridgehead atoms. The second-order valence-corrected chi connectivity index (χ2v) is 4.27. The van der Waals surface area contributed by atoms with Crippen LogP contribution in [0.1, 0.15) is 0 Å². The number of ketones is 1. The molecule has 2 saturated heterocycles. The number of rotatable bonds is 2. The third-order valence-electron chi connectivity index (χ3n) is 1.80. The number of hydrogen-bond acceptors (Lipinski definition) is 7. The average Bonchev–Trinajstić information content (AvgIpc) is 2.77. The molecule has 7 heteroatoms. The fourth-order valence-electron chi connectivity index (χ4n) is 1.11. The van der Waals surface area contributed by atoms with Gasteiger partial charge in [-0.15, -0.1) is 0 Å². The van der Waals surface area contributed by atoms with Gasteiger partial charge in [0.25, 0.3) is 0 Å². The largest absolute Gasteiger partial charge is 0.296 e. The smallest absolute Gasteiger partial charge is 0.171 e. The molecule has 0 aromatic carbocycles. The SMILES string of the molecule is O=C(C1CSNN1)C1CSNN1. The zero-order valence-corrected chi connectivity index (χ0v) is 7.93. The highest BCUT2D eigenvalue weighted by molar-refractivity contribution is 7.97. The molecular weight excluding hydrogens is 196 g/mol. The fraction of sp³-hybridized carbons (Fsp3) is 0.800. The summed E-state index contributed by atoms with van der Waals surface area (Å²) in [6.45, 7) is 0. The highest BCUT2D eigenvalue weighted by Gasteiger charge is 2.31. The first-order valence-corrected chi connectivity index (χ1v) is 5.63. The van der Waals surface area contributed by atoms with E-state index in [9.17, 15) is 4.79 Å². The monoisotopic (exact) mass is 206 g/mol. The molecule has 0 amide bonds. The summed E-state index contributed by atoms with van der Waals surface area (Å²) < 4.78 is 0. The lowest BCUT2D eigenvalue weighted by Crippen LogP contribution is -2.48. The van der Waals surface area contributed by atoms with Crippen molar-refractivity contribution in [3.8, 4) is 0 Å². The molecule has 2 fully saturated rings. The van der Waals surface area contributed by atoms with Crippen molar-refractivity contribution in [2.24, 2.45) is 0 Å². The third kappa shape index (κ3) is 1.76. The maximum absolute atomic E-state index is 11.6. The van der Waals surface area contributed by atoms with E-state index in [4.69, 9.17) is 0 Å². The van der Waals surface area contributed by atoms with Gasteiger partial charge in [0, 0.05) is 11.5 Å². The molecule has 0 saturated carbocycles. The van der Waals surface area contributed by atoms with Gasteiger partial charge in [-0.25, -0.2) is 20.5 Å². The molecule has 2 rings (SSSR count). The lowest BCUT2D eigenvalue weighted by molar-refractivity contribution is -0.121. The van der Waals surface area contributed by atoms with Crippen LogP contribution in [0.15, 0.2) is 0 Å². The summed E-state index contributed by atoms with van der Waals surface area (Å²) in [6, 6.07) is -0.0963. The second kappa shape index (κ2) is 3.95. The Kier molecular flexibility index (Phi) is 2.89. The average molecular weight is 206 g/mol. The van der Waals surface area contributed by atoms with Crippen LogP contribution in [0.5, 0.6) is 0 Å². The normalized spacial score (nSPS) is 35.7. The molecule has 4 N–H and O–H groups in total. The van der Waals surface area contributed by atoms with Crippen LogP contribution in [0.2, 0.25) is 0 Å². The minimum absolute atomic E-state index is 0.0481. The van der Waals surface area contributed by atoms with Crippen LogP contribution >= 0.6 is 23.9 Å². The molecule has 5 nitrogen and oxygen atoms in total. The number of hydrazine groups is 2. The van der Waals surface area contributed by atoms with Crippen molar-refractivity contribution >= 4 is 29.7 Å². The van der Waals surface area contributed by atoms with E-state index in [1.54, 1.807) is 0 Å². The van der Waals surface area contributed by atoms with E-state index in [1.807, 2.05) is 0 Å². The lowest BCUT2D eigenvalue weighted by atomic mass is 10.1. The van der Waals surface area contributed by atoms with Crippen LogP contribution in [0.3, 0.4) is 0 Å². The van der Waals surface area contributed by atoms with Crippen molar-refractivity contribution in [2.45, 2.75) is 12.1 Å². The Hall–Kier alpha value is 0.210. The first-order valence-electron chi connectivity index (χ1n) is 3.66. The van der Waals surface area contributed by atoms with Gasteiger partial charge in [-0.3, -0.25) is 4.79 Å². The van der Waals surface area contributed by atoms with Crippen LogP contribution < -0.4 is 20.5 Å². The Morgan fingerprint density at radius 1 is 1.08 bits per heavy atom. The highest BCUT2D eigenvalue weighted by atomic mass is 32.2. The maximum atomic E-state index is 11.6. The van der Waals surface area contributed by atoms with Gasteiger partial charge in [0.2, 0.25) is 0 Å². The van der Waals surface area contributed by atoms with Crippen molar-refractivity contribution in [3.63, 3.8) is 0 Å². The van der Waals surface area contributed by atoms with Crippen molar-refractivity contribution < 1.29 is 4.79 Å². The Morgan fingerprint density at radius 3 is 1.92 bits per heavy atom. The predicted octanol–water partition coefficient (Wildman–Crippen LogP) is -1.20. The minimum Gasteiger partial charge on any atom is -0.296 e.